The van der Waals surface area contributed by atoms with Crippen LogP contribution in [0.4, 0.5) is 0 Å². The summed E-state index contributed by atoms with van der Waals surface area (Å²) >= 11 is -2.11. The quantitative estimate of drug-likeness (QED) is 0.351. The fourth-order valence-electron chi connectivity index (χ4n) is 3.81. The van der Waals surface area contributed by atoms with Gasteiger partial charge in [0.2, 0.25) is 0 Å². The van der Waals surface area contributed by atoms with Gasteiger partial charge in [0.05, 0.1) is 0 Å². The molecule has 0 aliphatic carbocycles. The molecule has 0 saturated heterocycles. The van der Waals surface area contributed by atoms with Crippen molar-refractivity contribution in [1.82, 2.24) is 9.80 Å². The summed E-state index contributed by atoms with van der Waals surface area (Å²) in [6.07, 6.45) is 0. The van der Waals surface area contributed by atoms with E-state index in [1.807, 2.05) is 0 Å². The third-order valence-corrected chi connectivity index (χ3v) is 15.4. The maximum atomic E-state index is 2.37. The van der Waals surface area contributed by atoms with Gasteiger partial charge in [0.25, 0.3) is 0 Å². The van der Waals surface area contributed by atoms with E-state index < -0.39 is 21.8 Å². The predicted molar refractivity (Wildman–Crippen MR) is 127 cm³/mol. The van der Waals surface area contributed by atoms with Crippen molar-refractivity contribution in [1.29, 1.82) is 0 Å². The van der Waals surface area contributed by atoms with Crippen LogP contribution in [0.15, 0.2) is 78.9 Å². The van der Waals surface area contributed by atoms with Crippen molar-refractivity contribution in [2.24, 2.45) is 0 Å². The Kier molecular flexibility index (Phi) is 8.42. The van der Waals surface area contributed by atoms with Gasteiger partial charge in [-0.1, -0.05) is 0 Å². The Hall–Kier alpha value is -1.54. The van der Waals surface area contributed by atoms with Gasteiger partial charge in [-0.3, -0.25) is 0 Å². The molecule has 3 heteroatoms. The summed E-state index contributed by atoms with van der Waals surface area (Å²) < 4.78 is 4.25. The summed E-state index contributed by atoms with van der Waals surface area (Å²) in [4.78, 5) is 4.62. The first-order chi connectivity index (χ1) is 14.0. The van der Waals surface area contributed by atoms with E-state index in [1.54, 1.807) is 14.4 Å². The minimum absolute atomic E-state index is 1.02. The van der Waals surface area contributed by atoms with Crippen LogP contribution in [0.3, 0.4) is 0 Å². The fourth-order valence-corrected chi connectivity index (χ4v) is 14.8. The monoisotopic (exact) mass is 582 g/mol. The van der Waals surface area contributed by atoms with Gasteiger partial charge in [0.15, 0.2) is 0 Å². The molecule has 0 atom stereocenters. The second-order valence-electron chi connectivity index (χ2n) is 8.23. The van der Waals surface area contributed by atoms with Gasteiger partial charge < -0.3 is 0 Å². The predicted octanol–water partition coefficient (Wildman–Crippen LogP) is 4.08. The number of hydrogen-bond donors (Lipinski definition) is 0. The van der Waals surface area contributed by atoms with Gasteiger partial charge in [-0.15, -0.1) is 0 Å². The van der Waals surface area contributed by atoms with Gasteiger partial charge in [0.1, 0.15) is 0 Å². The SMILES string of the molecule is CN(C)Cc1cccc(CN(C)C)[c]1[Bi]([CH2]c1ccccc1)[CH2]c1ccccc1. The molecule has 152 valence electrons. The molecule has 0 amide bonds. The van der Waals surface area contributed by atoms with E-state index in [4.69, 9.17) is 0 Å². The number of hydrogen-bond acceptors (Lipinski definition) is 2. The van der Waals surface area contributed by atoms with E-state index in [9.17, 15) is 0 Å². The first kappa shape index (κ1) is 22.2. The first-order valence-electron chi connectivity index (χ1n) is 10.3. The Morgan fingerprint density at radius 2 is 0.966 bits per heavy atom. The van der Waals surface area contributed by atoms with Crippen LogP contribution in [-0.4, -0.2) is 59.7 Å². The molecule has 0 N–H and O–H groups in total. The van der Waals surface area contributed by atoms with E-state index in [0.29, 0.717) is 0 Å². The molecule has 0 heterocycles. The number of rotatable bonds is 9. The maximum absolute atomic E-state index is 2.37. The first-order valence-corrected chi connectivity index (χ1v) is 16.9. The Bertz CT molecular complexity index is 806. The van der Waals surface area contributed by atoms with Gasteiger partial charge >= 0.3 is 185 Å². The normalized spacial score (nSPS) is 11.6. The molecule has 0 saturated carbocycles. The van der Waals surface area contributed by atoms with E-state index >= 15 is 0 Å². The molecule has 0 radical (unpaired) electrons. The minimum atomic E-state index is -2.11. The van der Waals surface area contributed by atoms with Crippen LogP contribution in [0.2, 0.25) is 0 Å². The van der Waals surface area contributed by atoms with Crippen molar-refractivity contribution in [3.05, 3.63) is 101 Å². The number of benzene rings is 3. The standard InChI is InChI=1S/C12H19N2.2C7H7.Bi/c1-13(2)9-11-6-5-7-12(8-11)10-14(3)4;2*1-7-5-3-2-4-6-7;/h5-7H,9-10H2,1-4H3;2*2-6H,1H2;. The molecule has 2 nitrogen and oxygen atoms in total. The zero-order valence-electron chi connectivity index (χ0n) is 18.2. The van der Waals surface area contributed by atoms with Crippen LogP contribution in [0, 0.1) is 0 Å². The Balaban J connectivity index is 2.06. The second kappa shape index (κ2) is 11.0. The zero-order chi connectivity index (χ0) is 20.6. The molecule has 0 aliphatic heterocycles. The van der Waals surface area contributed by atoms with Gasteiger partial charge in [-0.05, 0) is 0 Å². The van der Waals surface area contributed by atoms with Crippen molar-refractivity contribution < 1.29 is 0 Å². The Morgan fingerprint density at radius 3 is 1.34 bits per heavy atom. The average Bonchev–Trinajstić information content (AvgIpc) is 2.68. The summed E-state index contributed by atoms with van der Waals surface area (Å²) in [5.41, 5.74) is 6.08. The van der Waals surface area contributed by atoms with Gasteiger partial charge in [-0.2, -0.15) is 0 Å². The second-order valence-corrected chi connectivity index (χ2v) is 16.6. The van der Waals surface area contributed by atoms with Crippen LogP contribution in [0.25, 0.3) is 0 Å². The van der Waals surface area contributed by atoms with E-state index in [0.717, 1.165) is 13.1 Å². The average molecular weight is 583 g/mol. The topological polar surface area (TPSA) is 6.48 Å². The molecule has 0 aromatic heterocycles. The summed E-state index contributed by atoms with van der Waals surface area (Å²) in [5.74, 6) is 0. The van der Waals surface area contributed by atoms with E-state index in [1.165, 1.54) is 19.4 Å². The molecular weight excluding hydrogens is 549 g/mol. The molecular formula is C26H33BiN2. The van der Waals surface area contributed by atoms with Crippen LogP contribution in [0.1, 0.15) is 22.3 Å². The molecule has 0 bridgehead atoms. The van der Waals surface area contributed by atoms with Crippen molar-refractivity contribution in [3.63, 3.8) is 0 Å². The molecule has 3 aromatic carbocycles. The zero-order valence-corrected chi connectivity index (χ0v) is 21.7. The van der Waals surface area contributed by atoms with Crippen molar-refractivity contribution in [2.45, 2.75) is 21.3 Å². The van der Waals surface area contributed by atoms with Gasteiger partial charge in [0, 0.05) is 0 Å². The van der Waals surface area contributed by atoms with E-state index in [2.05, 4.69) is 117 Å². The summed E-state index contributed by atoms with van der Waals surface area (Å²) in [6.45, 7) is 2.04. The third-order valence-electron chi connectivity index (χ3n) is 4.93. The molecule has 0 spiro atoms. The molecule has 0 fully saturated rings. The number of nitrogens with zero attached hydrogens (tertiary/aromatic N) is 2. The van der Waals surface area contributed by atoms with Crippen LogP contribution < -0.4 is 3.27 Å². The van der Waals surface area contributed by atoms with Crippen molar-refractivity contribution in [3.8, 4) is 0 Å². The Labute approximate surface area is 184 Å². The summed E-state index contributed by atoms with van der Waals surface area (Å²) in [7, 11) is 8.72. The third kappa shape index (κ3) is 6.74. The molecule has 3 aromatic rings. The molecule has 29 heavy (non-hydrogen) atoms. The van der Waals surface area contributed by atoms with Crippen LogP contribution >= 0.6 is 0 Å². The summed E-state index contributed by atoms with van der Waals surface area (Å²) in [6, 6.07) is 29.2. The molecule has 3 rings (SSSR count). The summed E-state index contributed by atoms with van der Waals surface area (Å²) in [5, 5.41) is 0. The van der Waals surface area contributed by atoms with Crippen molar-refractivity contribution in [2.75, 3.05) is 28.2 Å². The van der Waals surface area contributed by atoms with Crippen LogP contribution in [0.5, 0.6) is 0 Å². The molecule has 0 unspecified atom stereocenters. The molecule has 0 aliphatic rings. The fraction of sp³-hybridized carbons (Fsp3) is 0.308. The van der Waals surface area contributed by atoms with E-state index in [-0.39, 0.29) is 0 Å². The van der Waals surface area contributed by atoms with Gasteiger partial charge in [-0.25, -0.2) is 0 Å². The Morgan fingerprint density at radius 1 is 0.552 bits per heavy atom. The van der Waals surface area contributed by atoms with Crippen LogP contribution in [-0.2, 0) is 21.3 Å². The van der Waals surface area contributed by atoms with Crippen molar-refractivity contribution >= 4 is 25.0 Å².